The fraction of sp³-hybridized carbons (Fsp3) is 0.118. The molecule has 106 valence electrons. The number of nitrogens with zero attached hydrogens (tertiary/aromatic N) is 2. The number of halogens is 1. The van der Waals surface area contributed by atoms with Gasteiger partial charge in [-0.1, -0.05) is 35.9 Å². The van der Waals surface area contributed by atoms with Crippen molar-refractivity contribution in [2.24, 2.45) is 0 Å². The van der Waals surface area contributed by atoms with Crippen LogP contribution in [0.25, 0.3) is 16.9 Å². The second kappa shape index (κ2) is 6.12. The van der Waals surface area contributed by atoms with E-state index in [9.17, 15) is 0 Å². The molecule has 4 heteroatoms. The topological polar surface area (TPSA) is 29.9 Å². The zero-order valence-corrected chi connectivity index (χ0v) is 12.5. The molecule has 3 rings (SSSR count). The van der Waals surface area contributed by atoms with Gasteiger partial charge in [-0.25, -0.2) is 4.68 Å². The summed E-state index contributed by atoms with van der Waals surface area (Å²) in [6.07, 6.45) is 1.81. The van der Waals surface area contributed by atoms with Crippen molar-refractivity contribution in [3.63, 3.8) is 0 Å². The van der Waals surface area contributed by atoms with Crippen molar-refractivity contribution in [2.45, 2.75) is 6.54 Å². The minimum absolute atomic E-state index is 0.727. The lowest BCUT2D eigenvalue weighted by Gasteiger charge is -2.12. The summed E-state index contributed by atoms with van der Waals surface area (Å²) in [7, 11) is 1.94. The Morgan fingerprint density at radius 2 is 1.90 bits per heavy atom. The normalized spacial score (nSPS) is 10.8. The first-order valence-corrected chi connectivity index (χ1v) is 7.20. The van der Waals surface area contributed by atoms with Crippen LogP contribution in [0.1, 0.15) is 5.56 Å². The minimum Gasteiger partial charge on any atom is -0.316 e. The van der Waals surface area contributed by atoms with Crippen molar-refractivity contribution < 1.29 is 0 Å². The van der Waals surface area contributed by atoms with Crippen molar-refractivity contribution in [3.05, 3.63) is 71.4 Å². The molecule has 0 saturated heterocycles. The molecule has 0 spiro atoms. The summed E-state index contributed by atoms with van der Waals surface area (Å²) in [5, 5.41) is 8.37. The van der Waals surface area contributed by atoms with E-state index in [1.807, 2.05) is 66.5 Å². The Morgan fingerprint density at radius 1 is 1.10 bits per heavy atom. The van der Waals surface area contributed by atoms with Crippen LogP contribution in [0.4, 0.5) is 0 Å². The SMILES string of the molecule is CNCc1ccc(Cl)cc1-c1ccnn1-c1ccccc1. The second-order valence-corrected chi connectivity index (χ2v) is 5.23. The van der Waals surface area contributed by atoms with Crippen LogP contribution in [0.5, 0.6) is 0 Å². The monoisotopic (exact) mass is 297 g/mol. The van der Waals surface area contributed by atoms with Crippen LogP contribution >= 0.6 is 11.6 Å². The molecular formula is C17H16ClN3. The first-order valence-electron chi connectivity index (χ1n) is 6.82. The third-order valence-corrected chi connectivity index (χ3v) is 3.59. The van der Waals surface area contributed by atoms with Gasteiger partial charge in [0.2, 0.25) is 0 Å². The highest BCUT2D eigenvalue weighted by atomic mass is 35.5. The van der Waals surface area contributed by atoms with Gasteiger partial charge in [0.1, 0.15) is 0 Å². The first-order chi connectivity index (χ1) is 10.3. The van der Waals surface area contributed by atoms with Crippen LogP contribution in [0, 0.1) is 0 Å². The summed E-state index contributed by atoms with van der Waals surface area (Å²) in [6.45, 7) is 0.784. The van der Waals surface area contributed by atoms with Crippen molar-refractivity contribution >= 4 is 11.6 Å². The largest absolute Gasteiger partial charge is 0.316 e. The van der Waals surface area contributed by atoms with E-state index in [0.717, 1.165) is 28.5 Å². The summed E-state index contributed by atoms with van der Waals surface area (Å²) >= 11 is 6.18. The zero-order chi connectivity index (χ0) is 14.7. The van der Waals surface area contributed by atoms with Crippen molar-refractivity contribution in [1.82, 2.24) is 15.1 Å². The van der Waals surface area contributed by atoms with Gasteiger partial charge in [0, 0.05) is 17.1 Å². The van der Waals surface area contributed by atoms with Gasteiger partial charge in [-0.2, -0.15) is 5.10 Å². The number of benzene rings is 2. The van der Waals surface area contributed by atoms with E-state index in [2.05, 4.69) is 16.5 Å². The van der Waals surface area contributed by atoms with Crippen molar-refractivity contribution in [1.29, 1.82) is 0 Å². The van der Waals surface area contributed by atoms with Gasteiger partial charge in [0.05, 0.1) is 17.6 Å². The summed E-state index contributed by atoms with van der Waals surface area (Å²) < 4.78 is 1.94. The average Bonchev–Trinajstić information content (AvgIpc) is 2.99. The molecule has 0 fully saturated rings. The Morgan fingerprint density at radius 3 is 2.67 bits per heavy atom. The summed E-state index contributed by atoms with van der Waals surface area (Å²) in [5.74, 6) is 0. The molecule has 0 aliphatic heterocycles. The van der Waals surface area contributed by atoms with E-state index in [1.54, 1.807) is 0 Å². The Kier molecular flexibility index (Phi) is 4.04. The predicted octanol–water partition coefficient (Wildman–Crippen LogP) is 3.91. The van der Waals surface area contributed by atoms with E-state index in [-0.39, 0.29) is 0 Å². The number of nitrogens with one attached hydrogen (secondary N) is 1. The van der Waals surface area contributed by atoms with Gasteiger partial charge in [-0.3, -0.25) is 0 Å². The van der Waals surface area contributed by atoms with Crippen molar-refractivity contribution in [3.8, 4) is 16.9 Å². The van der Waals surface area contributed by atoms with E-state index in [1.165, 1.54) is 5.56 Å². The van der Waals surface area contributed by atoms with E-state index >= 15 is 0 Å². The molecule has 0 radical (unpaired) electrons. The molecule has 3 aromatic rings. The molecule has 0 saturated carbocycles. The Hall–Kier alpha value is -2.10. The number of para-hydroxylation sites is 1. The average molecular weight is 298 g/mol. The first kappa shape index (κ1) is 13.9. The maximum atomic E-state index is 6.18. The highest BCUT2D eigenvalue weighted by Crippen LogP contribution is 2.28. The standard InChI is InChI=1S/C17H16ClN3/c1-19-12-13-7-8-14(18)11-16(13)17-9-10-20-21(17)15-5-3-2-4-6-15/h2-11,19H,12H2,1H3. The molecule has 1 aromatic heterocycles. The summed E-state index contributed by atoms with van der Waals surface area (Å²) in [4.78, 5) is 0. The fourth-order valence-electron chi connectivity index (χ4n) is 2.41. The lowest BCUT2D eigenvalue weighted by atomic mass is 10.0. The number of aromatic nitrogens is 2. The second-order valence-electron chi connectivity index (χ2n) is 4.80. The van der Waals surface area contributed by atoms with Crippen LogP contribution in [-0.4, -0.2) is 16.8 Å². The minimum atomic E-state index is 0.727. The molecule has 0 atom stereocenters. The van der Waals surface area contributed by atoms with E-state index in [4.69, 9.17) is 11.6 Å². The van der Waals surface area contributed by atoms with E-state index < -0.39 is 0 Å². The molecule has 0 aliphatic carbocycles. The van der Waals surface area contributed by atoms with Gasteiger partial charge in [-0.05, 0) is 42.9 Å². The Balaban J connectivity index is 2.14. The van der Waals surface area contributed by atoms with Crippen LogP contribution in [-0.2, 0) is 6.54 Å². The molecular weight excluding hydrogens is 282 g/mol. The number of hydrogen-bond donors (Lipinski definition) is 1. The fourth-order valence-corrected chi connectivity index (χ4v) is 2.59. The van der Waals surface area contributed by atoms with Gasteiger partial charge < -0.3 is 5.32 Å². The smallest absolute Gasteiger partial charge is 0.0744 e. The summed E-state index contributed by atoms with van der Waals surface area (Å²) in [5.41, 5.74) is 4.36. The molecule has 21 heavy (non-hydrogen) atoms. The molecule has 0 bridgehead atoms. The third-order valence-electron chi connectivity index (χ3n) is 3.36. The zero-order valence-electron chi connectivity index (χ0n) is 11.8. The highest BCUT2D eigenvalue weighted by molar-refractivity contribution is 6.30. The molecule has 0 unspecified atom stereocenters. The molecule has 0 aliphatic rings. The van der Waals surface area contributed by atoms with Gasteiger partial charge in [0.25, 0.3) is 0 Å². The molecule has 3 nitrogen and oxygen atoms in total. The van der Waals surface area contributed by atoms with Gasteiger partial charge >= 0.3 is 0 Å². The Bertz CT molecular complexity index is 735. The molecule has 0 amide bonds. The lowest BCUT2D eigenvalue weighted by Crippen LogP contribution is -2.07. The van der Waals surface area contributed by atoms with Crippen LogP contribution in [0.3, 0.4) is 0 Å². The predicted molar refractivity (Wildman–Crippen MR) is 86.8 cm³/mol. The maximum Gasteiger partial charge on any atom is 0.0744 e. The molecule has 1 heterocycles. The van der Waals surface area contributed by atoms with Crippen molar-refractivity contribution in [2.75, 3.05) is 7.05 Å². The van der Waals surface area contributed by atoms with Gasteiger partial charge in [-0.15, -0.1) is 0 Å². The molecule has 1 N–H and O–H groups in total. The van der Waals surface area contributed by atoms with Crippen LogP contribution in [0.15, 0.2) is 60.8 Å². The number of rotatable bonds is 4. The van der Waals surface area contributed by atoms with E-state index in [0.29, 0.717) is 0 Å². The van der Waals surface area contributed by atoms with Gasteiger partial charge in [0.15, 0.2) is 0 Å². The lowest BCUT2D eigenvalue weighted by molar-refractivity contribution is 0.815. The Labute approximate surface area is 129 Å². The maximum absolute atomic E-state index is 6.18. The quantitative estimate of drug-likeness (QED) is 0.791. The third kappa shape index (κ3) is 2.84. The highest BCUT2D eigenvalue weighted by Gasteiger charge is 2.11. The molecule has 2 aromatic carbocycles. The number of hydrogen-bond acceptors (Lipinski definition) is 2. The van der Waals surface area contributed by atoms with Crippen LogP contribution < -0.4 is 5.32 Å². The summed E-state index contributed by atoms with van der Waals surface area (Å²) in [6, 6.07) is 18.1. The van der Waals surface area contributed by atoms with Crippen LogP contribution in [0.2, 0.25) is 5.02 Å².